The van der Waals surface area contributed by atoms with Gasteiger partial charge in [-0.05, 0) is 25.0 Å². The van der Waals surface area contributed by atoms with E-state index in [-0.39, 0.29) is 0 Å². The van der Waals surface area contributed by atoms with Crippen LogP contribution in [0.15, 0.2) is 18.3 Å². The first-order valence-corrected chi connectivity index (χ1v) is 5.15. The van der Waals surface area contributed by atoms with E-state index in [9.17, 15) is 0 Å². The Morgan fingerprint density at radius 2 is 2.13 bits per heavy atom. The van der Waals surface area contributed by atoms with Gasteiger partial charge in [-0.1, -0.05) is 0 Å². The molecule has 0 amide bonds. The van der Waals surface area contributed by atoms with Gasteiger partial charge >= 0.3 is 0 Å². The van der Waals surface area contributed by atoms with E-state index in [1.54, 1.807) is 6.20 Å². The Morgan fingerprint density at radius 3 is 2.67 bits per heavy atom. The number of rotatable bonds is 1. The standard InChI is InChI=1S/C11H14N4/c12-7-9-1-2-11(14-8-9)10-3-5-15(13)6-4-10/h1-2,8,10H,3-6,13H2. The fourth-order valence-electron chi connectivity index (χ4n) is 1.91. The first-order valence-electron chi connectivity index (χ1n) is 5.15. The maximum atomic E-state index is 8.66. The second kappa shape index (κ2) is 4.39. The molecular formula is C11H14N4. The van der Waals surface area contributed by atoms with Gasteiger partial charge < -0.3 is 0 Å². The Kier molecular flexibility index (Phi) is 2.95. The number of nitrogens with zero attached hydrogens (tertiary/aromatic N) is 3. The van der Waals surface area contributed by atoms with E-state index in [1.807, 2.05) is 17.1 Å². The monoisotopic (exact) mass is 202 g/mol. The number of nitrogens with two attached hydrogens (primary N) is 1. The van der Waals surface area contributed by atoms with Gasteiger partial charge in [0, 0.05) is 30.9 Å². The van der Waals surface area contributed by atoms with E-state index in [4.69, 9.17) is 11.1 Å². The molecule has 1 saturated heterocycles. The molecule has 0 unspecified atom stereocenters. The molecule has 0 spiro atoms. The summed E-state index contributed by atoms with van der Waals surface area (Å²) < 4.78 is 0. The maximum absolute atomic E-state index is 8.66. The van der Waals surface area contributed by atoms with E-state index in [2.05, 4.69) is 11.1 Å². The smallest absolute Gasteiger partial charge is 0.101 e. The first kappa shape index (κ1) is 10.1. The van der Waals surface area contributed by atoms with Crippen LogP contribution >= 0.6 is 0 Å². The highest BCUT2D eigenvalue weighted by Gasteiger charge is 2.19. The van der Waals surface area contributed by atoms with Crippen molar-refractivity contribution in [1.82, 2.24) is 9.99 Å². The molecule has 1 aliphatic heterocycles. The van der Waals surface area contributed by atoms with Crippen molar-refractivity contribution in [3.63, 3.8) is 0 Å². The van der Waals surface area contributed by atoms with Gasteiger partial charge in [-0.15, -0.1) is 0 Å². The molecule has 2 N–H and O–H groups in total. The van der Waals surface area contributed by atoms with Crippen LogP contribution in [0.25, 0.3) is 0 Å². The maximum Gasteiger partial charge on any atom is 0.101 e. The lowest BCUT2D eigenvalue weighted by molar-refractivity contribution is 0.216. The Hall–Kier alpha value is -1.44. The Morgan fingerprint density at radius 1 is 1.40 bits per heavy atom. The van der Waals surface area contributed by atoms with E-state index in [0.29, 0.717) is 11.5 Å². The van der Waals surface area contributed by atoms with Gasteiger partial charge in [-0.2, -0.15) is 5.26 Å². The van der Waals surface area contributed by atoms with Crippen LogP contribution in [0.1, 0.15) is 30.0 Å². The predicted molar refractivity (Wildman–Crippen MR) is 56.7 cm³/mol. The van der Waals surface area contributed by atoms with Gasteiger partial charge in [0.2, 0.25) is 0 Å². The SMILES string of the molecule is N#Cc1ccc(C2CCN(N)CC2)nc1. The van der Waals surface area contributed by atoms with Crippen molar-refractivity contribution < 1.29 is 0 Å². The number of piperidine rings is 1. The molecule has 78 valence electrons. The van der Waals surface area contributed by atoms with Crippen LogP contribution in [0.5, 0.6) is 0 Å². The molecule has 2 rings (SSSR count). The lowest BCUT2D eigenvalue weighted by Crippen LogP contribution is -2.38. The average molecular weight is 202 g/mol. The summed E-state index contributed by atoms with van der Waals surface area (Å²) in [4.78, 5) is 4.32. The average Bonchev–Trinajstić information content (AvgIpc) is 2.30. The zero-order valence-electron chi connectivity index (χ0n) is 8.56. The summed E-state index contributed by atoms with van der Waals surface area (Å²) in [5.74, 6) is 6.19. The number of aromatic nitrogens is 1. The lowest BCUT2D eigenvalue weighted by atomic mass is 9.93. The third-order valence-electron chi connectivity index (χ3n) is 2.86. The minimum atomic E-state index is 0.498. The van der Waals surface area contributed by atoms with E-state index >= 15 is 0 Å². The Bertz CT molecular complexity index is 357. The molecule has 2 heterocycles. The van der Waals surface area contributed by atoms with Crippen LogP contribution in [-0.4, -0.2) is 23.1 Å². The molecule has 1 aromatic heterocycles. The highest BCUT2D eigenvalue weighted by Crippen LogP contribution is 2.25. The number of pyridine rings is 1. The third-order valence-corrected chi connectivity index (χ3v) is 2.86. The molecule has 4 nitrogen and oxygen atoms in total. The van der Waals surface area contributed by atoms with E-state index < -0.39 is 0 Å². The molecule has 0 aliphatic carbocycles. The Balaban J connectivity index is 2.07. The van der Waals surface area contributed by atoms with Gasteiger partial charge in [0.25, 0.3) is 0 Å². The topological polar surface area (TPSA) is 65.9 Å². The summed E-state index contributed by atoms with van der Waals surface area (Å²) in [6.45, 7) is 1.85. The van der Waals surface area contributed by atoms with Crippen molar-refractivity contribution in [1.29, 1.82) is 5.26 Å². The molecule has 15 heavy (non-hydrogen) atoms. The van der Waals surface area contributed by atoms with Gasteiger partial charge in [0.1, 0.15) is 6.07 Å². The van der Waals surface area contributed by atoms with Gasteiger partial charge in [-0.3, -0.25) is 10.8 Å². The highest BCUT2D eigenvalue weighted by molar-refractivity contribution is 5.27. The molecule has 1 fully saturated rings. The molecular weight excluding hydrogens is 188 g/mol. The number of hydrogen-bond donors (Lipinski definition) is 1. The van der Waals surface area contributed by atoms with Gasteiger partial charge in [-0.25, -0.2) is 5.01 Å². The quantitative estimate of drug-likeness (QED) is 0.690. The van der Waals surface area contributed by atoms with Crippen LogP contribution in [-0.2, 0) is 0 Å². The highest BCUT2D eigenvalue weighted by atomic mass is 15.4. The number of hydrogen-bond acceptors (Lipinski definition) is 4. The van der Waals surface area contributed by atoms with Crippen LogP contribution in [0.2, 0.25) is 0 Å². The van der Waals surface area contributed by atoms with Gasteiger partial charge in [0.05, 0.1) is 5.56 Å². The number of nitriles is 1. The summed E-state index contributed by atoms with van der Waals surface area (Å²) in [6, 6.07) is 5.86. The van der Waals surface area contributed by atoms with Crippen LogP contribution < -0.4 is 5.84 Å². The molecule has 0 atom stereocenters. The first-order chi connectivity index (χ1) is 7.29. The number of hydrazine groups is 1. The van der Waals surface area contributed by atoms with E-state index in [0.717, 1.165) is 31.6 Å². The van der Waals surface area contributed by atoms with Crippen molar-refractivity contribution in [2.24, 2.45) is 5.84 Å². The molecule has 0 bridgehead atoms. The molecule has 1 aliphatic rings. The second-order valence-electron chi connectivity index (χ2n) is 3.89. The molecule has 0 saturated carbocycles. The van der Waals surface area contributed by atoms with Crippen molar-refractivity contribution in [3.8, 4) is 6.07 Å². The Labute approximate surface area is 89.3 Å². The summed E-state index contributed by atoms with van der Waals surface area (Å²) in [6.07, 6.45) is 3.74. The summed E-state index contributed by atoms with van der Waals surface area (Å²) in [5.41, 5.74) is 1.71. The minimum Gasteiger partial charge on any atom is -0.269 e. The molecule has 0 radical (unpaired) electrons. The van der Waals surface area contributed by atoms with Crippen molar-refractivity contribution in [3.05, 3.63) is 29.6 Å². The predicted octanol–water partition coefficient (Wildman–Crippen LogP) is 1.01. The molecule has 4 heteroatoms. The van der Waals surface area contributed by atoms with Crippen LogP contribution in [0.4, 0.5) is 0 Å². The second-order valence-corrected chi connectivity index (χ2v) is 3.89. The largest absolute Gasteiger partial charge is 0.269 e. The minimum absolute atomic E-state index is 0.498. The fraction of sp³-hybridized carbons (Fsp3) is 0.455. The molecule has 0 aromatic carbocycles. The third kappa shape index (κ3) is 2.32. The van der Waals surface area contributed by atoms with Crippen molar-refractivity contribution in [2.75, 3.05) is 13.1 Å². The lowest BCUT2D eigenvalue weighted by Gasteiger charge is -2.27. The van der Waals surface area contributed by atoms with E-state index in [1.165, 1.54) is 0 Å². The zero-order chi connectivity index (χ0) is 10.7. The van der Waals surface area contributed by atoms with Crippen molar-refractivity contribution in [2.45, 2.75) is 18.8 Å². The fourth-order valence-corrected chi connectivity index (χ4v) is 1.91. The summed E-state index contributed by atoms with van der Waals surface area (Å²) in [7, 11) is 0. The summed E-state index contributed by atoms with van der Waals surface area (Å²) >= 11 is 0. The van der Waals surface area contributed by atoms with Gasteiger partial charge in [0.15, 0.2) is 0 Å². The normalized spacial score (nSPS) is 18.7. The van der Waals surface area contributed by atoms with Crippen molar-refractivity contribution >= 4 is 0 Å². The summed E-state index contributed by atoms with van der Waals surface area (Å²) in [5, 5.41) is 10.5. The zero-order valence-corrected chi connectivity index (χ0v) is 8.56. The van der Waals surface area contributed by atoms with Crippen LogP contribution in [0, 0.1) is 11.3 Å². The van der Waals surface area contributed by atoms with Crippen LogP contribution in [0.3, 0.4) is 0 Å². The molecule has 1 aromatic rings.